The maximum Gasteiger partial charge on any atom is 0.268 e. The smallest absolute Gasteiger partial charge is 0.268 e. The zero-order valence-electron chi connectivity index (χ0n) is 10.8. The van der Waals surface area contributed by atoms with E-state index in [1.165, 1.54) is 49.0 Å². The molecule has 2 heterocycles. The third-order valence-corrected chi connectivity index (χ3v) is 5.30. The molecule has 1 saturated carbocycles. The molecule has 2 aliphatic rings. The first kappa shape index (κ1) is 11.6. The first-order valence-corrected chi connectivity index (χ1v) is 7.84. The maximum absolute atomic E-state index is 6.11. The van der Waals surface area contributed by atoms with Crippen LogP contribution in [0, 0.1) is 5.92 Å². The van der Waals surface area contributed by atoms with Crippen LogP contribution in [0.1, 0.15) is 48.0 Å². The molecule has 1 fully saturated rings. The number of aryl methyl sites for hydroxylation is 2. The van der Waals surface area contributed by atoms with Gasteiger partial charge >= 0.3 is 0 Å². The molecule has 5 heteroatoms. The Bertz CT molecular complexity index is 576. The third kappa shape index (κ3) is 2.11. The molecular formula is C14H17N3OS. The molecule has 2 aromatic heterocycles. The van der Waals surface area contributed by atoms with Gasteiger partial charge in [0.2, 0.25) is 0 Å². The van der Waals surface area contributed by atoms with Crippen molar-refractivity contribution in [3.63, 3.8) is 0 Å². The van der Waals surface area contributed by atoms with E-state index in [4.69, 9.17) is 10.3 Å². The van der Waals surface area contributed by atoms with E-state index in [2.05, 4.69) is 16.2 Å². The molecular weight excluding hydrogens is 258 g/mol. The summed E-state index contributed by atoms with van der Waals surface area (Å²) in [6, 6.07) is 2.17. The molecule has 4 rings (SSSR count). The summed E-state index contributed by atoms with van der Waals surface area (Å²) in [6.45, 7) is 0. The van der Waals surface area contributed by atoms with Crippen molar-refractivity contribution in [3.8, 4) is 10.8 Å². The maximum atomic E-state index is 6.11. The van der Waals surface area contributed by atoms with Gasteiger partial charge in [-0.2, -0.15) is 4.98 Å². The van der Waals surface area contributed by atoms with Crippen molar-refractivity contribution in [3.05, 3.63) is 22.3 Å². The summed E-state index contributed by atoms with van der Waals surface area (Å²) in [4.78, 5) is 7.09. The fraction of sp³-hybridized carbons (Fsp3) is 0.571. The highest BCUT2D eigenvalue weighted by Crippen LogP contribution is 2.40. The van der Waals surface area contributed by atoms with Crippen LogP contribution in [0.5, 0.6) is 0 Å². The van der Waals surface area contributed by atoms with Crippen LogP contribution in [0.4, 0.5) is 0 Å². The number of thiophene rings is 1. The summed E-state index contributed by atoms with van der Waals surface area (Å²) in [5, 5.41) is 4.06. The van der Waals surface area contributed by atoms with Gasteiger partial charge in [0.25, 0.3) is 5.89 Å². The molecule has 0 aliphatic heterocycles. The quantitative estimate of drug-likeness (QED) is 0.934. The number of rotatable bonds is 3. The number of fused-ring (bicyclic) bond motifs is 1. The molecule has 2 aromatic rings. The molecule has 1 unspecified atom stereocenters. The summed E-state index contributed by atoms with van der Waals surface area (Å²) in [6.07, 6.45) is 7.37. The Morgan fingerprint density at radius 1 is 1.32 bits per heavy atom. The monoisotopic (exact) mass is 275 g/mol. The fourth-order valence-corrected chi connectivity index (χ4v) is 3.91. The number of hydrogen-bond acceptors (Lipinski definition) is 5. The van der Waals surface area contributed by atoms with Crippen LogP contribution >= 0.6 is 11.3 Å². The molecule has 0 spiro atoms. The van der Waals surface area contributed by atoms with E-state index in [1.807, 2.05) is 0 Å². The highest BCUT2D eigenvalue weighted by atomic mass is 32.1. The molecule has 2 aliphatic carbocycles. The normalized spacial score (nSPS) is 20.3. The molecule has 0 amide bonds. The zero-order valence-corrected chi connectivity index (χ0v) is 11.6. The number of aromatic nitrogens is 2. The van der Waals surface area contributed by atoms with Crippen LogP contribution < -0.4 is 5.73 Å². The predicted octanol–water partition coefficient (Wildman–Crippen LogP) is 3.09. The number of nitrogens with zero attached hydrogens (tertiary/aromatic N) is 2. The van der Waals surface area contributed by atoms with Crippen molar-refractivity contribution in [2.24, 2.45) is 11.7 Å². The second kappa shape index (κ2) is 4.42. The highest BCUT2D eigenvalue weighted by molar-refractivity contribution is 7.15. The van der Waals surface area contributed by atoms with Gasteiger partial charge in [-0.05, 0) is 56.1 Å². The van der Waals surface area contributed by atoms with Gasteiger partial charge in [-0.3, -0.25) is 0 Å². The van der Waals surface area contributed by atoms with Crippen LogP contribution in [0.15, 0.2) is 10.6 Å². The van der Waals surface area contributed by atoms with Crippen molar-refractivity contribution in [2.75, 3.05) is 0 Å². The Balaban J connectivity index is 1.63. The van der Waals surface area contributed by atoms with Gasteiger partial charge in [-0.15, -0.1) is 11.3 Å². The van der Waals surface area contributed by atoms with Crippen LogP contribution in [-0.4, -0.2) is 10.1 Å². The third-order valence-electron chi connectivity index (χ3n) is 4.08. The van der Waals surface area contributed by atoms with E-state index in [1.54, 1.807) is 11.3 Å². The van der Waals surface area contributed by atoms with E-state index < -0.39 is 0 Å². The van der Waals surface area contributed by atoms with Crippen molar-refractivity contribution < 1.29 is 4.52 Å². The second-order valence-electron chi connectivity index (χ2n) is 5.59. The van der Waals surface area contributed by atoms with E-state index in [0.717, 1.165) is 4.88 Å². The standard InChI is InChI=1S/C14H17N3OS/c15-12(8-5-6-8)13-16-14(18-17-13)11-7-9-3-1-2-4-10(9)19-11/h7-8,12H,1-6,15H2. The summed E-state index contributed by atoms with van der Waals surface area (Å²) in [5.41, 5.74) is 7.58. The Morgan fingerprint density at radius 3 is 2.95 bits per heavy atom. The van der Waals surface area contributed by atoms with Gasteiger partial charge in [-0.25, -0.2) is 0 Å². The minimum absolute atomic E-state index is 0.0490. The lowest BCUT2D eigenvalue weighted by molar-refractivity contribution is 0.412. The zero-order chi connectivity index (χ0) is 12.8. The molecule has 100 valence electrons. The average Bonchev–Trinajstić information content (AvgIpc) is 3.01. The molecule has 0 saturated heterocycles. The minimum Gasteiger partial charge on any atom is -0.333 e. The summed E-state index contributed by atoms with van der Waals surface area (Å²) >= 11 is 1.80. The van der Waals surface area contributed by atoms with Crippen LogP contribution in [0.3, 0.4) is 0 Å². The summed E-state index contributed by atoms with van der Waals surface area (Å²) < 4.78 is 5.40. The van der Waals surface area contributed by atoms with Crippen LogP contribution in [-0.2, 0) is 12.8 Å². The van der Waals surface area contributed by atoms with E-state index >= 15 is 0 Å². The predicted molar refractivity (Wildman–Crippen MR) is 73.9 cm³/mol. The molecule has 0 radical (unpaired) electrons. The van der Waals surface area contributed by atoms with E-state index in [9.17, 15) is 0 Å². The first-order chi connectivity index (χ1) is 9.31. The largest absolute Gasteiger partial charge is 0.333 e. The van der Waals surface area contributed by atoms with Gasteiger partial charge in [0.15, 0.2) is 5.82 Å². The highest BCUT2D eigenvalue weighted by Gasteiger charge is 2.33. The fourth-order valence-electron chi connectivity index (χ4n) is 2.73. The summed E-state index contributed by atoms with van der Waals surface area (Å²) in [7, 11) is 0. The molecule has 0 bridgehead atoms. The Labute approximate surface area is 116 Å². The SMILES string of the molecule is NC(c1noc(-c2cc3c(s2)CCCC3)n1)C1CC1. The molecule has 2 N–H and O–H groups in total. The first-order valence-electron chi connectivity index (χ1n) is 7.02. The van der Waals surface area contributed by atoms with Crippen LogP contribution in [0.2, 0.25) is 0 Å². The molecule has 0 aromatic carbocycles. The van der Waals surface area contributed by atoms with Crippen molar-refractivity contribution in [1.82, 2.24) is 10.1 Å². The minimum atomic E-state index is -0.0490. The molecule has 4 nitrogen and oxygen atoms in total. The Kier molecular flexibility index (Phi) is 2.70. The second-order valence-corrected chi connectivity index (χ2v) is 6.72. The Hall–Kier alpha value is -1.20. The Morgan fingerprint density at radius 2 is 2.16 bits per heavy atom. The molecule has 19 heavy (non-hydrogen) atoms. The van der Waals surface area contributed by atoms with Crippen molar-refractivity contribution >= 4 is 11.3 Å². The molecule has 1 atom stereocenters. The van der Waals surface area contributed by atoms with Gasteiger partial charge in [-0.1, -0.05) is 5.16 Å². The lowest BCUT2D eigenvalue weighted by Crippen LogP contribution is -2.13. The van der Waals surface area contributed by atoms with E-state index in [0.29, 0.717) is 17.6 Å². The van der Waals surface area contributed by atoms with Crippen molar-refractivity contribution in [1.29, 1.82) is 0 Å². The number of hydrogen-bond donors (Lipinski definition) is 1. The van der Waals surface area contributed by atoms with Crippen LogP contribution in [0.25, 0.3) is 10.8 Å². The topological polar surface area (TPSA) is 64.9 Å². The van der Waals surface area contributed by atoms with Crippen molar-refractivity contribution in [2.45, 2.75) is 44.6 Å². The lowest BCUT2D eigenvalue weighted by Gasteiger charge is -2.08. The van der Waals surface area contributed by atoms with Gasteiger partial charge in [0.05, 0.1) is 10.9 Å². The average molecular weight is 275 g/mol. The van der Waals surface area contributed by atoms with Gasteiger partial charge in [0, 0.05) is 4.88 Å². The lowest BCUT2D eigenvalue weighted by atomic mass is 9.99. The summed E-state index contributed by atoms with van der Waals surface area (Å²) in [5.74, 6) is 1.87. The number of nitrogens with two attached hydrogens (primary N) is 1. The van der Waals surface area contributed by atoms with E-state index in [-0.39, 0.29) is 6.04 Å². The van der Waals surface area contributed by atoms with Gasteiger partial charge < -0.3 is 10.3 Å². The van der Waals surface area contributed by atoms with Gasteiger partial charge in [0.1, 0.15) is 0 Å².